The van der Waals surface area contributed by atoms with Gasteiger partial charge in [0.2, 0.25) is 0 Å². The Morgan fingerprint density at radius 2 is 1.12 bits per heavy atom. The molecule has 0 atom stereocenters. The highest BCUT2D eigenvalue weighted by molar-refractivity contribution is 6.08. The van der Waals surface area contributed by atoms with Crippen molar-refractivity contribution in [2.24, 2.45) is 0 Å². The Bertz CT molecular complexity index is 1310. The van der Waals surface area contributed by atoms with Gasteiger partial charge in [0.25, 0.3) is 0 Å². The second-order valence-electron chi connectivity index (χ2n) is 7.05. The fraction of sp³-hybridized carbons (Fsp3) is 0.0400. The summed E-state index contributed by atoms with van der Waals surface area (Å²) in [4.78, 5) is 0. The van der Waals surface area contributed by atoms with Crippen LogP contribution in [0.1, 0.15) is 11.1 Å². The summed E-state index contributed by atoms with van der Waals surface area (Å²) in [6.45, 7) is 0. The zero-order valence-corrected chi connectivity index (χ0v) is 13.8. The Balaban J connectivity index is 1.74. The SMILES string of the molecule is c1ccc2cc3c(cc2c1)Cc1ccc2cc4ccccc4cc2c1-3. The molecule has 0 N–H and O–H groups in total. The number of hydrogen-bond donors (Lipinski definition) is 0. The van der Waals surface area contributed by atoms with Crippen LogP contribution in [-0.4, -0.2) is 0 Å². The first kappa shape index (κ1) is 13.2. The predicted molar refractivity (Wildman–Crippen MR) is 107 cm³/mol. The highest BCUT2D eigenvalue weighted by Gasteiger charge is 2.21. The standard InChI is InChI=1S/C25H16/c1-3-7-18-14-23-20(11-16(18)5-1)9-10-21-13-22-12-17-6-2-4-8-19(17)15-24(22)25(21)23/h1-12,14-15H,13H2. The molecule has 0 aliphatic heterocycles. The molecule has 0 saturated carbocycles. The lowest BCUT2D eigenvalue weighted by Gasteiger charge is -2.09. The largest absolute Gasteiger partial charge is 0.0616 e. The van der Waals surface area contributed by atoms with Gasteiger partial charge in [-0.2, -0.15) is 0 Å². The van der Waals surface area contributed by atoms with Crippen LogP contribution >= 0.6 is 0 Å². The zero-order valence-electron chi connectivity index (χ0n) is 13.8. The molecular weight excluding hydrogens is 300 g/mol. The Kier molecular flexibility index (Phi) is 2.48. The second-order valence-corrected chi connectivity index (χ2v) is 7.05. The van der Waals surface area contributed by atoms with E-state index >= 15 is 0 Å². The van der Waals surface area contributed by atoms with Crippen molar-refractivity contribution in [3.63, 3.8) is 0 Å². The average Bonchev–Trinajstić information content (AvgIpc) is 3.02. The van der Waals surface area contributed by atoms with E-state index in [-0.39, 0.29) is 0 Å². The van der Waals surface area contributed by atoms with Gasteiger partial charge in [-0.3, -0.25) is 0 Å². The molecule has 5 aromatic carbocycles. The van der Waals surface area contributed by atoms with E-state index in [1.807, 2.05) is 0 Å². The molecule has 0 heteroatoms. The topological polar surface area (TPSA) is 0 Å². The van der Waals surface area contributed by atoms with Gasteiger partial charge in [0.15, 0.2) is 0 Å². The van der Waals surface area contributed by atoms with Crippen LogP contribution in [0.3, 0.4) is 0 Å². The predicted octanol–water partition coefficient (Wildman–Crippen LogP) is 6.72. The van der Waals surface area contributed by atoms with Crippen molar-refractivity contribution in [2.75, 3.05) is 0 Å². The molecule has 6 rings (SSSR count). The molecule has 0 heterocycles. The summed E-state index contributed by atoms with van der Waals surface area (Å²) >= 11 is 0. The maximum Gasteiger partial charge on any atom is -0.00130 e. The molecule has 0 fully saturated rings. The van der Waals surface area contributed by atoms with E-state index in [9.17, 15) is 0 Å². The summed E-state index contributed by atoms with van der Waals surface area (Å²) < 4.78 is 0. The molecule has 0 unspecified atom stereocenters. The molecule has 0 saturated heterocycles. The van der Waals surface area contributed by atoms with E-state index in [0.29, 0.717) is 0 Å². The Morgan fingerprint density at radius 1 is 0.480 bits per heavy atom. The molecule has 0 nitrogen and oxygen atoms in total. The van der Waals surface area contributed by atoms with Crippen molar-refractivity contribution in [3.8, 4) is 11.1 Å². The maximum absolute atomic E-state index is 2.38. The van der Waals surface area contributed by atoms with E-state index in [1.165, 1.54) is 54.6 Å². The molecule has 0 radical (unpaired) electrons. The molecular formula is C25H16. The lowest BCUT2D eigenvalue weighted by atomic mass is 9.94. The smallest absolute Gasteiger partial charge is 0.00130 e. The molecule has 116 valence electrons. The number of rotatable bonds is 0. The Morgan fingerprint density at radius 3 is 1.88 bits per heavy atom. The molecule has 1 aliphatic rings. The van der Waals surface area contributed by atoms with Crippen molar-refractivity contribution in [3.05, 3.63) is 96.1 Å². The minimum Gasteiger partial charge on any atom is -0.0616 e. The molecule has 0 bridgehead atoms. The third-order valence-electron chi connectivity index (χ3n) is 5.59. The van der Waals surface area contributed by atoms with Crippen molar-refractivity contribution >= 4 is 32.3 Å². The zero-order chi connectivity index (χ0) is 16.4. The average molecular weight is 316 g/mol. The third-order valence-corrected chi connectivity index (χ3v) is 5.59. The minimum atomic E-state index is 1.04. The van der Waals surface area contributed by atoms with Gasteiger partial charge in [-0.1, -0.05) is 66.7 Å². The summed E-state index contributed by atoms with van der Waals surface area (Å²) in [5, 5.41) is 8.00. The highest BCUT2D eigenvalue weighted by Crippen LogP contribution is 2.43. The van der Waals surface area contributed by atoms with E-state index in [0.717, 1.165) is 6.42 Å². The monoisotopic (exact) mass is 316 g/mol. The normalized spacial score (nSPS) is 12.6. The van der Waals surface area contributed by atoms with Gasteiger partial charge in [-0.05, 0) is 79.2 Å². The van der Waals surface area contributed by atoms with Crippen LogP contribution in [-0.2, 0) is 6.42 Å². The van der Waals surface area contributed by atoms with Gasteiger partial charge in [-0.25, -0.2) is 0 Å². The second kappa shape index (κ2) is 4.70. The molecule has 0 spiro atoms. The van der Waals surface area contributed by atoms with Crippen LogP contribution in [0.25, 0.3) is 43.4 Å². The van der Waals surface area contributed by atoms with Crippen LogP contribution in [0, 0.1) is 0 Å². The van der Waals surface area contributed by atoms with E-state index in [1.54, 1.807) is 0 Å². The van der Waals surface area contributed by atoms with Crippen LogP contribution in [0.15, 0.2) is 84.9 Å². The number of benzene rings is 5. The summed E-state index contributed by atoms with van der Waals surface area (Å²) in [7, 11) is 0. The fourth-order valence-corrected chi connectivity index (χ4v) is 4.40. The summed E-state index contributed by atoms with van der Waals surface area (Å²) in [5.41, 5.74) is 5.75. The molecule has 0 amide bonds. The number of hydrogen-bond acceptors (Lipinski definition) is 0. The third kappa shape index (κ3) is 1.82. The minimum absolute atomic E-state index is 1.04. The van der Waals surface area contributed by atoms with E-state index < -0.39 is 0 Å². The van der Waals surface area contributed by atoms with Crippen molar-refractivity contribution < 1.29 is 0 Å². The first-order chi connectivity index (χ1) is 12.4. The van der Waals surface area contributed by atoms with Crippen molar-refractivity contribution in [1.29, 1.82) is 0 Å². The van der Waals surface area contributed by atoms with Gasteiger partial charge < -0.3 is 0 Å². The fourth-order valence-electron chi connectivity index (χ4n) is 4.40. The molecule has 1 aliphatic carbocycles. The van der Waals surface area contributed by atoms with Crippen LogP contribution in [0.5, 0.6) is 0 Å². The van der Waals surface area contributed by atoms with Crippen LogP contribution in [0.4, 0.5) is 0 Å². The molecule has 0 aromatic heterocycles. The van der Waals surface area contributed by atoms with Gasteiger partial charge in [-0.15, -0.1) is 0 Å². The number of fused-ring (bicyclic) bond motifs is 7. The Labute approximate surface area is 146 Å². The van der Waals surface area contributed by atoms with Crippen molar-refractivity contribution in [1.82, 2.24) is 0 Å². The maximum atomic E-state index is 2.38. The summed E-state index contributed by atoms with van der Waals surface area (Å²) in [5.74, 6) is 0. The Hall–Kier alpha value is -3.12. The van der Waals surface area contributed by atoms with Gasteiger partial charge >= 0.3 is 0 Å². The summed E-state index contributed by atoms with van der Waals surface area (Å²) in [6, 6.07) is 31.4. The van der Waals surface area contributed by atoms with E-state index in [2.05, 4.69) is 84.9 Å². The highest BCUT2D eigenvalue weighted by atomic mass is 14.2. The lowest BCUT2D eigenvalue weighted by Crippen LogP contribution is -1.84. The van der Waals surface area contributed by atoms with Crippen molar-refractivity contribution in [2.45, 2.75) is 6.42 Å². The van der Waals surface area contributed by atoms with E-state index in [4.69, 9.17) is 0 Å². The van der Waals surface area contributed by atoms with Crippen LogP contribution < -0.4 is 0 Å². The molecule has 25 heavy (non-hydrogen) atoms. The van der Waals surface area contributed by atoms with Gasteiger partial charge in [0.1, 0.15) is 0 Å². The lowest BCUT2D eigenvalue weighted by molar-refractivity contribution is 1.27. The first-order valence-electron chi connectivity index (χ1n) is 8.83. The summed E-state index contributed by atoms with van der Waals surface area (Å²) in [6.07, 6.45) is 1.04. The first-order valence-corrected chi connectivity index (χ1v) is 8.83. The van der Waals surface area contributed by atoms with Gasteiger partial charge in [0.05, 0.1) is 0 Å². The van der Waals surface area contributed by atoms with Crippen LogP contribution in [0.2, 0.25) is 0 Å². The van der Waals surface area contributed by atoms with Gasteiger partial charge in [0, 0.05) is 0 Å². The quantitative estimate of drug-likeness (QED) is 0.273. The molecule has 5 aromatic rings.